The van der Waals surface area contributed by atoms with Crippen LogP contribution in [-0.4, -0.2) is 18.6 Å². The standard InChI is InChI=1S/C14H16ClNO2/c1-5-12-10-8-9(15)6-7-11(10)16-13(18-12)14(2,3)17-4/h5-8H,1-4H3/b12-5-. The van der Waals surface area contributed by atoms with Gasteiger partial charge in [0.15, 0.2) is 0 Å². The molecule has 0 N–H and O–H groups in total. The fourth-order valence-corrected chi connectivity index (χ4v) is 1.83. The van der Waals surface area contributed by atoms with Crippen LogP contribution in [0.25, 0.3) is 5.76 Å². The molecular formula is C14H16ClNO2. The zero-order chi connectivity index (χ0) is 13.3. The molecule has 1 aromatic carbocycles. The second-order valence-electron chi connectivity index (χ2n) is 4.55. The Morgan fingerprint density at radius 1 is 1.39 bits per heavy atom. The Morgan fingerprint density at radius 3 is 2.72 bits per heavy atom. The molecule has 0 aliphatic carbocycles. The van der Waals surface area contributed by atoms with Crippen LogP contribution in [0.4, 0.5) is 5.69 Å². The van der Waals surface area contributed by atoms with Crippen molar-refractivity contribution >= 4 is 28.9 Å². The van der Waals surface area contributed by atoms with Crippen molar-refractivity contribution in [3.8, 4) is 0 Å². The summed E-state index contributed by atoms with van der Waals surface area (Å²) in [5.41, 5.74) is 1.19. The fourth-order valence-electron chi connectivity index (χ4n) is 1.65. The van der Waals surface area contributed by atoms with Crippen molar-refractivity contribution in [3.63, 3.8) is 0 Å². The molecule has 1 aromatic rings. The van der Waals surface area contributed by atoms with Crippen LogP contribution in [0.3, 0.4) is 0 Å². The van der Waals surface area contributed by atoms with E-state index in [4.69, 9.17) is 21.1 Å². The number of allylic oxidation sites excluding steroid dienone is 1. The summed E-state index contributed by atoms with van der Waals surface area (Å²) in [6.45, 7) is 5.75. The van der Waals surface area contributed by atoms with Gasteiger partial charge in [0.05, 0.1) is 5.69 Å². The van der Waals surface area contributed by atoms with Crippen LogP contribution in [-0.2, 0) is 9.47 Å². The van der Waals surface area contributed by atoms with Crippen molar-refractivity contribution in [1.29, 1.82) is 0 Å². The van der Waals surface area contributed by atoms with Crippen LogP contribution in [0, 0.1) is 0 Å². The van der Waals surface area contributed by atoms with Crippen molar-refractivity contribution in [2.75, 3.05) is 7.11 Å². The van der Waals surface area contributed by atoms with Gasteiger partial charge in [-0.05, 0) is 45.0 Å². The molecule has 0 aromatic heterocycles. The topological polar surface area (TPSA) is 30.8 Å². The largest absolute Gasteiger partial charge is 0.439 e. The number of methoxy groups -OCH3 is 1. The molecule has 96 valence electrons. The average Bonchev–Trinajstić information content (AvgIpc) is 2.37. The summed E-state index contributed by atoms with van der Waals surface area (Å²) in [5.74, 6) is 1.30. The first-order valence-electron chi connectivity index (χ1n) is 5.76. The maximum Gasteiger partial charge on any atom is 0.226 e. The molecule has 0 amide bonds. The molecule has 0 unspecified atom stereocenters. The van der Waals surface area contributed by atoms with Gasteiger partial charge in [0, 0.05) is 17.7 Å². The summed E-state index contributed by atoms with van der Waals surface area (Å²) in [7, 11) is 1.64. The van der Waals surface area contributed by atoms with Gasteiger partial charge in [-0.3, -0.25) is 0 Å². The molecule has 4 heteroatoms. The third-order valence-corrected chi connectivity index (χ3v) is 3.18. The Morgan fingerprint density at radius 2 is 2.11 bits per heavy atom. The van der Waals surface area contributed by atoms with Crippen molar-refractivity contribution < 1.29 is 9.47 Å². The lowest BCUT2D eigenvalue weighted by Crippen LogP contribution is -2.36. The Bertz CT molecular complexity index is 533. The molecule has 1 heterocycles. The molecule has 0 bridgehead atoms. The van der Waals surface area contributed by atoms with Gasteiger partial charge < -0.3 is 9.47 Å². The van der Waals surface area contributed by atoms with Gasteiger partial charge in [-0.2, -0.15) is 0 Å². The molecule has 0 saturated carbocycles. The Hall–Kier alpha value is -1.32. The summed E-state index contributed by atoms with van der Waals surface area (Å²) < 4.78 is 11.2. The smallest absolute Gasteiger partial charge is 0.226 e. The lowest BCUT2D eigenvalue weighted by atomic mass is 10.1. The minimum Gasteiger partial charge on any atom is -0.439 e. The van der Waals surface area contributed by atoms with Crippen LogP contribution >= 0.6 is 11.6 Å². The Labute approximate surface area is 112 Å². The van der Waals surface area contributed by atoms with Crippen LogP contribution < -0.4 is 0 Å². The van der Waals surface area contributed by atoms with E-state index in [1.807, 2.05) is 45.0 Å². The summed E-state index contributed by atoms with van der Waals surface area (Å²) in [6.07, 6.45) is 1.90. The van der Waals surface area contributed by atoms with E-state index >= 15 is 0 Å². The molecule has 2 rings (SSSR count). The van der Waals surface area contributed by atoms with Crippen LogP contribution in [0.5, 0.6) is 0 Å². The van der Waals surface area contributed by atoms with E-state index in [2.05, 4.69) is 4.99 Å². The molecule has 1 aliphatic rings. The molecule has 0 fully saturated rings. The van der Waals surface area contributed by atoms with Gasteiger partial charge in [0.1, 0.15) is 11.4 Å². The molecule has 0 spiro atoms. The third-order valence-electron chi connectivity index (χ3n) is 2.94. The summed E-state index contributed by atoms with van der Waals surface area (Å²) in [4.78, 5) is 4.50. The quantitative estimate of drug-likeness (QED) is 0.803. The average molecular weight is 266 g/mol. The molecule has 3 nitrogen and oxygen atoms in total. The number of benzene rings is 1. The third kappa shape index (κ3) is 2.28. The number of fused-ring (bicyclic) bond motifs is 1. The summed E-state index contributed by atoms with van der Waals surface area (Å²) in [5, 5.41) is 0.668. The maximum atomic E-state index is 6.00. The van der Waals surface area contributed by atoms with Gasteiger partial charge in [-0.25, -0.2) is 4.99 Å². The number of hydrogen-bond donors (Lipinski definition) is 0. The SMILES string of the molecule is C/C=C1\OC(C(C)(C)OC)=Nc2ccc(Cl)cc21. The van der Waals surface area contributed by atoms with Crippen molar-refractivity contribution in [3.05, 3.63) is 34.9 Å². The highest BCUT2D eigenvalue weighted by Gasteiger charge is 2.31. The van der Waals surface area contributed by atoms with Crippen molar-refractivity contribution in [2.45, 2.75) is 26.4 Å². The number of ether oxygens (including phenoxy) is 2. The predicted octanol–water partition coefficient (Wildman–Crippen LogP) is 4.19. The minimum absolute atomic E-state index is 0.549. The number of halogens is 1. The van der Waals surface area contributed by atoms with E-state index in [9.17, 15) is 0 Å². The fraction of sp³-hybridized carbons (Fsp3) is 0.357. The van der Waals surface area contributed by atoms with Crippen LogP contribution in [0.1, 0.15) is 26.3 Å². The summed E-state index contributed by atoms with van der Waals surface area (Å²) in [6, 6.07) is 5.56. The van der Waals surface area contributed by atoms with Crippen LogP contribution in [0.15, 0.2) is 29.3 Å². The lowest BCUT2D eigenvalue weighted by molar-refractivity contribution is 0.0669. The van der Waals surface area contributed by atoms with Gasteiger partial charge in [0.2, 0.25) is 5.90 Å². The van der Waals surface area contributed by atoms with Gasteiger partial charge >= 0.3 is 0 Å². The molecular weight excluding hydrogens is 250 g/mol. The van der Waals surface area contributed by atoms with Crippen LogP contribution in [0.2, 0.25) is 5.02 Å². The highest BCUT2D eigenvalue weighted by molar-refractivity contribution is 6.30. The van der Waals surface area contributed by atoms with Gasteiger partial charge in [-0.15, -0.1) is 0 Å². The first kappa shape index (κ1) is 13.1. The van der Waals surface area contributed by atoms with Crippen molar-refractivity contribution in [2.24, 2.45) is 4.99 Å². The zero-order valence-electron chi connectivity index (χ0n) is 11.0. The predicted molar refractivity (Wildman–Crippen MR) is 74.4 cm³/mol. The first-order chi connectivity index (χ1) is 8.47. The van der Waals surface area contributed by atoms with Gasteiger partial charge in [-0.1, -0.05) is 11.6 Å². The molecule has 0 atom stereocenters. The number of hydrogen-bond acceptors (Lipinski definition) is 3. The zero-order valence-corrected chi connectivity index (χ0v) is 11.7. The highest BCUT2D eigenvalue weighted by Crippen LogP contribution is 2.36. The van der Waals surface area contributed by atoms with E-state index in [0.29, 0.717) is 10.9 Å². The molecule has 18 heavy (non-hydrogen) atoms. The van der Waals surface area contributed by atoms with E-state index in [1.54, 1.807) is 7.11 Å². The summed E-state index contributed by atoms with van der Waals surface area (Å²) >= 11 is 6.00. The molecule has 0 radical (unpaired) electrons. The second kappa shape index (κ2) is 4.75. The minimum atomic E-state index is -0.564. The van der Waals surface area contributed by atoms with E-state index in [0.717, 1.165) is 17.0 Å². The normalized spacial score (nSPS) is 17.2. The highest BCUT2D eigenvalue weighted by atomic mass is 35.5. The number of nitrogens with zero attached hydrogens (tertiary/aromatic N) is 1. The van der Waals surface area contributed by atoms with E-state index < -0.39 is 5.60 Å². The second-order valence-corrected chi connectivity index (χ2v) is 4.98. The Kier molecular flexibility index (Phi) is 3.46. The molecule has 1 aliphatic heterocycles. The van der Waals surface area contributed by atoms with E-state index in [-0.39, 0.29) is 0 Å². The van der Waals surface area contributed by atoms with Crippen molar-refractivity contribution in [1.82, 2.24) is 0 Å². The van der Waals surface area contributed by atoms with Gasteiger partial charge in [0.25, 0.3) is 0 Å². The van der Waals surface area contributed by atoms with E-state index in [1.165, 1.54) is 0 Å². The lowest BCUT2D eigenvalue weighted by Gasteiger charge is -2.29. The number of rotatable bonds is 2. The first-order valence-corrected chi connectivity index (χ1v) is 6.14. The monoisotopic (exact) mass is 265 g/mol. The molecule has 0 saturated heterocycles. The Balaban J connectivity index is 2.55. The maximum absolute atomic E-state index is 6.00. The number of aliphatic imine (C=N–C) groups is 1.